The highest BCUT2D eigenvalue weighted by Gasteiger charge is 2.48. The lowest BCUT2D eigenvalue weighted by Crippen LogP contribution is -2.58. The molecule has 0 aromatic heterocycles. The van der Waals surface area contributed by atoms with Crippen LogP contribution in [0.3, 0.4) is 0 Å². The van der Waals surface area contributed by atoms with Gasteiger partial charge >= 0.3 is 0 Å². The topological polar surface area (TPSA) is 77.4 Å². The average molecular weight is 414 g/mol. The molecular formula is C24H30O6. The first-order chi connectivity index (χ1) is 14.4. The Hall–Kier alpha value is -1.80. The molecule has 2 saturated heterocycles. The average Bonchev–Trinajstić information content (AvgIpc) is 2.75. The number of hydrogen-bond donors (Lipinski definition) is 2. The third kappa shape index (κ3) is 4.17. The predicted molar refractivity (Wildman–Crippen MR) is 111 cm³/mol. The molecule has 4 rings (SSSR count). The van der Waals surface area contributed by atoms with Crippen molar-refractivity contribution in [3.8, 4) is 0 Å². The van der Waals surface area contributed by atoms with Crippen molar-refractivity contribution < 1.29 is 29.2 Å². The van der Waals surface area contributed by atoms with Gasteiger partial charge in [-0.25, -0.2) is 0 Å². The van der Waals surface area contributed by atoms with Crippen molar-refractivity contribution in [1.82, 2.24) is 0 Å². The van der Waals surface area contributed by atoms with Gasteiger partial charge in [-0.05, 0) is 49.9 Å². The van der Waals surface area contributed by atoms with Gasteiger partial charge in [0.2, 0.25) is 0 Å². The van der Waals surface area contributed by atoms with E-state index in [1.165, 1.54) is 11.1 Å². The van der Waals surface area contributed by atoms with Crippen LogP contribution in [0.2, 0.25) is 0 Å². The quantitative estimate of drug-likeness (QED) is 0.800. The van der Waals surface area contributed by atoms with Crippen LogP contribution in [-0.4, -0.2) is 47.8 Å². The highest BCUT2D eigenvalue weighted by Crippen LogP contribution is 2.39. The van der Waals surface area contributed by atoms with E-state index in [1.807, 2.05) is 57.2 Å². The van der Waals surface area contributed by atoms with E-state index < -0.39 is 43.6 Å². The summed E-state index contributed by atoms with van der Waals surface area (Å²) in [7, 11) is 0. The van der Waals surface area contributed by atoms with Gasteiger partial charge in [-0.2, -0.15) is 0 Å². The lowest BCUT2D eigenvalue weighted by atomic mass is 9.98. The predicted octanol–water partition coefficient (Wildman–Crippen LogP) is 3.17. The Morgan fingerprint density at radius 2 is 1.43 bits per heavy atom. The minimum Gasteiger partial charge on any atom is -0.394 e. The number of ether oxygens (including phenoxy) is 4. The van der Waals surface area contributed by atoms with Crippen molar-refractivity contribution >= 4 is 0 Å². The van der Waals surface area contributed by atoms with E-state index in [4.69, 9.17) is 18.9 Å². The summed E-state index contributed by atoms with van der Waals surface area (Å²) in [6.07, 6.45) is -4.05. The molecule has 0 spiro atoms. The molecule has 6 atom stereocenters. The summed E-state index contributed by atoms with van der Waals surface area (Å²) in [5.74, 6) is 0. The van der Waals surface area contributed by atoms with Gasteiger partial charge in [-0.15, -0.1) is 0 Å². The van der Waals surface area contributed by atoms with E-state index in [-0.39, 0.29) is 0 Å². The van der Waals surface area contributed by atoms with Gasteiger partial charge in [0.15, 0.2) is 12.6 Å². The molecule has 6 nitrogen and oxygen atoms in total. The molecule has 2 aliphatic heterocycles. The Morgan fingerprint density at radius 1 is 0.833 bits per heavy atom. The second-order valence-corrected chi connectivity index (χ2v) is 8.31. The molecule has 0 radical (unpaired) electrons. The van der Waals surface area contributed by atoms with Crippen LogP contribution < -0.4 is 0 Å². The Labute approximate surface area is 177 Å². The second-order valence-electron chi connectivity index (χ2n) is 8.31. The zero-order valence-electron chi connectivity index (χ0n) is 17.9. The zero-order chi connectivity index (χ0) is 21.4. The number of aliphatic hydroxyl groups is 2. The lowest BCUT2D eigenvalue weighted by molar-refractivity contribution is -0.373. The van der Waals surface area contributed by atoms with Crippen molar-refractivity contribution in [3.63, 3.8) is 0 Å². The number of hydrogen-bond acceptors (Lipinski definition) is 6. The summed E-state index contributed by atoms with van der Waals surface area (Å²) in [5.41, 5.74) is 6.43. The Bertz CT molecular complexity index is 895. The van der Waals surface area contributed by atoms with Crippen molar-refractivity contribution in [2.24, 2.45) is 0 Å². The summed E-state index contributed by atoms with van der Waals surface area (Å²) < 4.78 is 24.4. The van der Waals surface area contributed by atoms with Gasteiger partial charge < -0.3 is 29.2 Å². The number of aryl methyl sites for hydroxylation is 4. The van der Waals surface area contributed by atoms with Gasteiger partial charge in [-0.3, -0.25) is 0 Å². The monoisotopic (exact) mass is 414 g/mol. The van der Waals surface area contributed by atoms with Crippen LogP contribution >= 0.6 is 0 Å². The fourth-order valence-corrected chi connectivity index (χ4v) is 3.93. The molecule has 2 aromatic rings. The summed E-state index contributed by atoms with van der Waals surface area (Å²) in [4.78, 5) is 0. The maximum atomic E-state index is 10.5. The first-order valence-corrected chi connectivity index (χ1v) is 10.4. The van der Waals surface area contributed by atoms with Crippen LogP contribution in [0.5, 0.6) is 0 Å². The highest BCUT2D eigenvalue weighted by atomic mass is 16.8. The molecule has 0 bridgehead atoms. The van der Waals surface area contributed by atoms with Crippen LogP contribution in [0.25, 0.3) is 0 Å². The summed E-state index contributed by atoms with van der Waals surface area (Å²) in [6.45, 7) is 8.07. The summed E-state index contributed by atoms with van der Waals surface area (Å²) in [6, 6.07) is 12.1. The minimum absolute atomic E-state index is 0.307. The third-order valence-electron chi connectivity index (χ3n) is 6.13. The fourth-order valence-electron chi connectivity index (χ4n) is 3.93. The number of fused-ring (bicyclic) bond motifs is 1. The van der Waals surface area contributed by atoms with Crippen LogP contribution in [0.15, 0.2) is 36.4 Å². The molecule has 0 aliphatic carbocycles. The molecule has 30 heavy (non-hydrogen) atoms. The molecule has 2 fully saturated rings. The van der Waals surface area contributed by atoms with Crippen LogP contribution in [-0.2, 0) is 18.9 Å². The zero-order valence-corrected chi connectivity index (χ0v) is 17.9. The van der Waals surface area contributed by atoms with Gasteiger partial charge in [0.1, 0.15) is 24.4 Å². The molecule has 0 saturated carbocycles. The maximum Gasteiger partial charge on any atom is 0.184 e. The van der Waals surface area contributed by atoms with E-state index >= 15 is 0 Å². The molecule has 0 amide bonds. The van der Waals surface area contributed by atoms with Gasteiger partial charge in [0.05, 0.1) is 13.2 Å². The standard InChI is InChI=1S/C24H30O6/c1-13-5-7-17(9-15(13)3)23-27-12-20-22(30-23)21(19(26)11-25)29-24(28-20)18-8-6-14(2)16(4)10-18/h5-10,19-26H,11-12H2,1-4H3/t19-,20+,21+,22-,23-,24-/m1/s1. The van der Waals surface area contributed by atoms with Crippen LogP contribution in [0.4, 0.5) is 0 Å². The minimum atomic E-state index is -1.09. The van der Waals surface area contributed by atoms with Gasteiger partial charge in [-0.1, -0.05) is 36.4 Å². The molecule has 162 valence electrons. The lowest BCUT2D eigenvalue weighted by Gasteiger charge is -2.47. The van der Waals surface area contributed by atoms with E-state index in [9.17, 15) is 10.2 Å². The fraction of sp³-hybridized carbons (Fsp3) is 0.500. The molecule has 0 unspecified atom stereocenters. The maximum absolute atomic E-state index is 10.5. The summed E-state index contributed by atoms with van der Waals surface area (Å²) in [5, 5.41) is 20.1. The van der Waals surface area contributed by atoms with Crippen molar-refractivity contribution in [2.45, 2.75) is 64.7 Å². The Morgan fingerprint density at radius 3 is 2.00 bits per heavy atom. The van der Waals surface area contributed by atoms with E-state index in [0.717, 1.165) is 22.3 Å². The van der Waals surface area contributed by atoms with E-state index in [2.05, 4.69) is 6.92 Å². The third-order valence-corrected chi connectivity index (χ3v) is 6.13. The molecule has 2 aromatic carbocycles. The van der Waals surface area contributed by atoms with E-state index in [1.54, 1.807) is 0 Å². The summed E-state index contributed by atoms with van der Waals surface area (Å²) >= 11 is 0. The molecule has 2 N–H and O–H groups in total. The van der Waals surface area contributed by atoms with E-state index in [0.29, 0.717) is 6.61 Å². The molecule has 2 aliphatic rings. The van der Waals surface area contributed by atoms with Gasteiger partial charge in [0, 0.05) is 11.1 Å². The SMILES string of the molecule is Cc1ccc([C@@H]2OC[C@@H]3O[C@@H](c4ccc(C)c(C)c4)O[C@@H]([C@H](O)CO)[C@@H]3O2)cc1C. The first kappa shape index (κ1) is 21.4. The van der Waals surface area contributed by atoms with Crippen molar-refractivity contribution in [2.75, 3.05) is 13.2 Å². The Kier molecular flexibility index (Phi) is 6.25. The number of benzene rings is 2. The molecule has 6 heteroatoms. The largest absolute Gasteiger partial charge is 0.394 e. The Balaban J connectivity index is 1.57. The van der Waals surface area contributed by atoms with Crippen molar-refractivity contribution in [3.05, 3.63) is 69.8 Å². The van der Waals surface area contributed by atoms with Crippen molar-refractivity contribution in [1.29, 1.82) is 0 Å². The van der Waals surface area contributed by atoms with Crippen LogP contribution in [0, 0.1) is 27.7 Å². The smallest absolute Gasteiger partial charge is 0.184 e. The normalized spacial score (nSPS) is 30.0. The number of rotatable bonds is 4. The van der Waals surface area contributed by atoms with Gasteiger partial charge in [0.25, 0.3) is 0 Å². The molecule has 2 heterocycles. The first-order valence-electron chi connectivity index (χ1n) is 10.4. The highest BCUT2D eigenvalue weighted by molar-refractivity contribution is 5.32. The van der Waals surface area contributed by atoms with Crippen LogP contribution in [0.1, 0.15) is 46.0 Å². The second kappa shape index (κ2) is 8.75. The molecular weight excluding hydrogens is 384 g/mol. The number of aliphatic hydroxyl groups excluding tert-OH is 2.